The van der Waals surface area contributed by atoms with Crippen LogP contribution in [0.2, 0.25) is 0 Å². The maximum Gasteiger partial charge on any atom is 0.277 e. The van der Waals surface area contributed by atoms with Crippen LogP contribution in [0.15, 0.2) is 48.7 Å². The van der Waals surface area contributed by atoms with Gasteiger partial charge in [0.25, 0.3) is 5.91 Å². The number of aryl methyl sites for hydroxylation is 4. The lowest BCUT2D eigenvalue weighted by Gasteiger charge is -2.29. The molecule has 1 N–H and O–H groups in total. The summed E-state index contributed by atoms with van der Waals surface area (Å²) in [5, 5.41) is 3.29. The molecule has 5 heteroatoms. The summed E-state index contributed by atoms with van der Waals surface area (Å²) in [5.41, 5.74) is 7.05. The highest BCUT2D eigenvalue weighted by Crippen LogP contribution is 2.28. The van der Waals surface area contributed by atoms with Gasteiger partial charge in [-0.1, -0.05) is 35.9 Å². The Balaban J connectivity index is 1.62. The summed E-state index contributed by atoms with van der Waals surface area (Å²) < 4.78 is 0. The lowest BCUT2D eigenvalue weighted by atomic mass is 10.0. The molecular formula is C23H24N4O. The zero-order chi connectivity index (χ0) is 19.7. The van der Waals surface area contributed by atoms with Crippen LogP contribution >= 0.6 is 0 Å². The predicted molar refractivity (Wildman–Crippen MR) is 112 cm³/mol. The number of anilines is 3. The van der Waals surface area contributed by atoms with Crippen molar-refractivity contribution in [3.8, 4) is 0 Å². The van der Waals surface area contributed by atoms with E-state index in [1.54, 1.807) is 12.3 Å². The second kappa shape index (κ2) is 7.43. The van der Waals surface area contributed by atoms with E-state index >= 15 is 0 Å². The van der Waals surface area contributed by atoms with E-state index in [1.165, 1.54) is 11.1 Å². The summed E-state index contributed by atoms with van der Waals surface area (Å²) in [7, 11) is 0. The van der Waals surface area contributed by atoms with E-state index in [2.05, 4.69) is 54.3 Å². The van der Waals surface area contributed by atoms with Crippen molar-refractivity contribution < 1.29 is 4.79 Å². The number of rotatable bonds is 3. The summed E-state index contributed by atoms with van der Waals surface area (Å²) in [6.07, 6.45) is 3.60. The van der Waals surface area contributed by atoms with E-state index in [1.807, 2.05) is 23.1 Å². The third kappa shape index (κ3) is 3.48. The average Bonchev–Trinajstić information content (AvgIpc) is 2.70. The Hall–Kier alpha value is -3.21. The fourth-order valence-electron chi connectivity index (χ4n) is 3.91. The fourth-order valence-corrected chi connectivity index (χ4v) is 3.91. The van der Waals surface area contributed by atoms with Crippen LogP contribution in [0.3, 0.4) is 0 Å². The van der Waals surface area contributed by atoms with Crippen molar-refractivity contribution in [2.75, 3.05) is 16.8 Å². The number of nitrogens with zero attached hydrogens (tertiary/aromatic N) is 3. The Bertz CT molecular complexity index is 1020. The van der Waals surface area contributed by atoms with E-state index in [0.717, 1.165) is 35.3 Å². The SMILES string of the molecule is Cc1cc(C)c(Nc2nccc(C(=O)N3CCCc4ccccc43)n2)c(C)c1. The Morgan fingerprint density at radius 2 is 1.82 bits per heavy atom. The number of benzene rings is 2. The topological polar surface area (TPSA) is 58.1 Å². The minimum Gasteiger partial charge on any atom is -0.324 e. The Morgan fingerprint density at radius 1 is 1.07 bits per heavy atom. The largest absolute Gasteiger partial charge is 0.324 e. The molecule has 3 aromatic rings. The minimum atomic E-state index is -0.0880. The average molecular weight is 372 g/mol. The maximum absolute atomic E-state index is 13.2. The molecule has 0 spiro atoms. The third-order valence-corrected chi connectivity index (χ3v) is 5.14. The van der Waals surface area contributed by atoms with Gasteiger partial charge in [0, 0.05) is 24.1 Å². The summed E-state index contributed by atoms with van der Waals surface area (Å²) >= 11 is 0. The van der Waals surface area contributed by atoms with Gasteiger partial charge in [0.2, 0.25) is 5.95 Å². The number of carbonyl (C=O) groups excluding carboxylic acids is 1. The van der Waals surface area contributed by atoms with Gasteiger partial charge < -0.3 is 10.2 Å². The Labute approximate surface area is 165 Å². The highest BCUT2D eigenvalue weighted by molar-refractivity contribution is 6.05. The molecule has 0 unspecified atom stereocenters. The standard InChI is InChI=1S/C23H24N4O/c1-15-13-16(2)21(17(3)14-15)26-23-24-11-10-19(25-23)22(28)27-12-6-8-18-7-4-5-9-20(18)27/h4-5,7,9-11,13-14H,6,8,12H2,1-3H3,(H,24,25,26). The van der Waals surface area contributed by atoms with Gasteiger partial charge in [0.1, 0.15) is 5.69 Å². The fraction of sp³-hybridized carbons (Fsp3) is 0.261. The molecule has 1 aromatic heterocycles. The number of hydrogen-bond acceptors (Lipinski definition) is 4. The molecule has 0 aliphatic carbocycles. The first kappa shape index (κ1) is 18.2. The Kier molecular flexibility index (Phi) is 4.82. The molecule has 0 radical (unpaired) electrons. The first-order chi connectivity index (χ1) is 13.5. The molecule has 2 aromatic carbocycles. The summed E-state index contributed by atoms with van der Waals surface area (Å²) in [4.78, 5) is 23.8. The van der Waals surface area contributed by atoms with Crippen LogP contribution in [0.4, 0.5) is 17.3 Å². The van der Waals surface area contributed by atoms with Crippen LogP contribution in [-0.2, 0) is 6.42 Å². The van der Waals surface area contributed by atoms with Gasteiger partial charge in [-0.05, 0) is 62.4 Å². The maximum atomic E-state index is 13.2. The number of carbonyl (C=O) groups is 1. The monoisotopic (exact) mass is 372 g/mol. The van der Waals surface area contributed by atoms with Gasteiger partial charge in [0.05, 0.1) is 0 Å². The lowest BCUT2D eigenvalue weighted by Crippen LogP contribution is -2.36. The first-order valence-electron chi connectivity index (χ1n) is 9.60. The van der Waals surface area contributed by atoms with Crippen molar-refractivity contribution in [1.82, 2.24) is 9.97 Å². The quantitative estimate of drug-likeness (QED) is 0.721. The zero-order valence-electron chi connectivity index (χ0n) is 16.5. The minimum absolute atomic E-state index is 0.0880. The normalized spacial score (nSPS) is 13.2. The second-order valence-corrected chi connectivity index (χ2v) is 7.35. The molecule has 142 valence electrons. The summed E-state index contributed by atoms with van der Waals surface area (Å²) in [6.45, 7) is 6.90. The molecule has 0 saturated carbocycles. The molecule has 1 aliphatic heterocycles. The van der Waals surface area contributed by atoms with Crippen molar-refractivity contribution in [3.63, 3.8) is 0 Å². The zero-order valence-corrected chi connectivity index (χ0v) is 16.5. The van der Waals surface area contributed by atoms with Gasteiger partial charge in [-0.3, -0.25) is 4.79 Å². The number of amides is 1. The van der Waals surface area contributed by atoms with Gasteiger partial charge in [-0.25, -0.2) is 9.97 Å². The number of nitrogens with one attached hydrogen (secondary N) is 1. The molecule has 1 amide bonds. The van der Waals surface area contributed by atoms with Gasteiger partial charge >= 0.3 is 0 Å². The van der Waals surface area contributed by atoms with Crippen LogP contribution in [0.1, 0.15) is 39.2 Å². The smallest absolute Gasteiger partial charge is 0.277 e. The molecule has 0 atom stereocenters. The van der Waals surface area contributed by atoms with Crippen molar-refractivity contribution in [1.29, 1.82) is 0 Å². The van der Waals surface area contributed by atoms with Gasteiger partial charge in [-0.2, -0.15) is 0 Å². The highest BCUT2D eigenvalue weighted by Gasteiger charge is 2.24. The summed E-state index contributed by atoms with van der Waals surface area (Å²) in [5.74, 6) is 0.348. The van der Waals surface area contributed by atoms with Crippen molar-refractivity contribution in [2.45, 2.75) is 33.6 Å². The molecule has 28 heavy (non-hydrogen) atoms. The van der Waals surface area contributed by atoms with Crippen molar-refractivity contribution in [2.24, 2.45) is 0 Å². The van der Waals surface area contributed by atoms with Crippen LogP contribution in [0.25, 0.3) is 0 Å². The predicted octanol–water partition coefficient (Wildman–Crippen LogP) is 4.74. The van der Waals surface area contributed by atoms with Crippen LogP contribution in [0.5, 0.6) is 0 Å². The molecule has 0 fully saturated rings. The molecule has 0 saturated heterocycles. The number of fused-ring (bicyclic) bond motifs is 1. The lowest BCUT2D eigenvalue weighted by molar-refractivity contribution is 0.0980. The summed E-state index contributed by atoms with van der Waals surface area (Å²) in [6, 6.07) is 14.0. The molecular weight excluding hydrogens is 348 g/mol. The van der Waals surface area contributed by atoms with Crippen LogP contribution in [0, 0.1) is 20.8 Å². The van der Waals surface area contributed by atoms with Crippen molar-refractivity contribution in [3.05, 3.63) is 76.6 Å². The number of hydrogen-bond donors (Lipinski definition) is 1. The second-order valence-electron chi connectivity index (χ2n) is 7.35. The first-order valence-corrected chi connectivity index (χ1v) is 9.60. The van der Waals surface area contributed by atoms with E-state index in [9.17, 15) is 4.79 Å². The molecule has 1 aliphatic rings. The van der Waals surface area contributed by atoms with Crippen molar-refractivity contribution >= 4 is 23.2 Å². The van der Waals surface area contributed by atoms with E-state index in [-0.39, 0.29) is 5.91 Å². The van der Waals surface area contributed by atoms with E-state index in [4.69, 9.17) is 0 Å². The van der Waals surface area contributed by atoms with Gasteiger partial charge in [-0.15, -0.1) is 0 Å². The molecule has 4 rings (SSSR count). The van der Waals surface area contributed by atoms with Gasteiger partial charge in [0.15, 0.2) is 0 Å². The number of aromatic nitrogens is 2. The highest BCUT2D eigenvalue weighted by atomic mass is 16.2. The molecule has 0 bridgehead atoms. The van der Waals surface area contributed by atoms with Crippen LogP contribution < -0.4 is 10.2 Å². The van der Waals surface area contributed by atoms with E-state index in [0.29, 0.717) is 18.2 Å². The molecule has 5 nitrogen and oxygen atoms in total. The Morgan fingerprint density at radius 3 is 2.61 bits per heavy atom. The van der Waals surface area contributed by atoms with E-state index < -0.39 is 0 Å². The molecule has 2 heterocycles. The van der Waals surface area contributed by atoms with Crippen LogP contribution in [-0.4, -0.2) is 22.4 Å². The number of para-hydroxylation sites is 1. The third-order valence-electron chi connectivity index (χ3n) is 5.14.